The minimum atomic E-state index is -0.169. The van der Waals surface area contributed by atoms with E-state index >= 15 is 0 Å². The molecule has 5 rings (SSSR count). The van der Waals surface area contributed by atoms with E-state index in [-0.39, 0.29) is 37.0 Å². The normalized spacial score (nSPS) is 18.7. The van der Waals surface area contributed by atoms with E-state index in [9.17, 15) is 14.7 Å². The molecule has 0 spiro atoms. The number of carbonyl (C=O) groups is 2. The molecule has 0 atom stereocenters. The van der Waals surface area contributed by atoms with Crippen molar-refractivity contribution in [2.45, 2.75) is 32.1 Å². The summed E-state index contributed by atoms with van der Waals surface area (Å²) >= 11 is 6.01. The van der Waals surface area contributed by atoms with Gasteiger partial charge in [0, 0.05) is 31.3 Å². The fourth-order valence-corrected chi connectivity index (χ4v) is 5.01. The van der Waals surface area contributed by atoms with Crippen LogP contribution < -0.4 is 9.47 Å². The first-order chi connectivity index (χ1) is 17.0. The lowest BCUT2D eigenvalue weighted by atomic mass is 9.75. The van der Waals surface area contributed by atoms with Crippen LogP contribution in [0.5, 0.6) is 11.5 Å². The van der Waals surface area contributed by atoms with Crippen LogP contribution in [0.15, 0.2) is 48.5 Å². The summed E-state index contributed by atoms with van der Waals surface area (Å²) in [4.78, 5) is 29.9. The van der Waals surface area contributed by atoms with Crippen LogP contribution in [0.25, 0.3) is 0 Å². The van der Waals surface area contributed by atoms with E-state index < -0.39 is 0 Å². The van der Waals surface area contributed by atoms with Gasteiger partial charge in [0.05, 0.1) is 12.1 Å². The van der Waals surface area contributed by atoms with Gasteiger partial charge in [-0.3, -0.25) is 9.59 Å². The molecule has 3 aliphatic rings. The Morgan fingerprint density at radius 1 is 1.03 bits per heavy atom. The third-order valence-electron chi connectivity index (χ3n) is 7.08. The average molecular weight is 501 g/mol. The van der Waals surface area contributed by atoms with Gasteiger partial charge in [0.2, 0.25) is 0 Å². The molecule has 2 bridgehead atoms. The number of nitrogens with zero attached hydrogens (tertiary/aromatic N) is 2. The highest BCUT2D eigenvalue weighted by molar-refractivity contribution is 6.30. The molecule has 3 heterocycles. The summed E-state index contributed by atoms with van der Waals surface area (Å²) in [6, 6.07) is 14.2. The number of fused-ring (bicyclic) bond motifs is 9. The number of ether oxygens (including phenoxy) is 2. The Hall–Kier alpha value is -2.77. The second-order valence-electron chi connectivity index (χ2n) is 9.38. The van der Waals surface area contributed by atoms with Gasteiger partial charge in [0.1, 0.15) is 18.1 Å². The van der Waals surface area contributed by atoms with Crippen molar-refractivity contribution >= 4 is 23.4 Å². The summed E-state index contributed by atoms with van der Waals surface area (Å²) in [5.41, 5.74) is 0.360. The minimum Gasteiger partial charge on any atom is -0.491 e. The molecule has 1 saturated heterocycles. The van der Waals surface area contributed by atoms with Crippen molar-refractivity contribution in [1.29, 1.82) is 0 Å². The van der Waals surface area contributed by atoms with Crippen LogP contribution in [0.1, 0.15) is 42.5 Å². The van der Waals surface area contributed by atoms with Crippen LogP contribution >= 0.6 is 11.6 Å². The lowest BCUT2D eigenvalue weighted by Crippen LogP contribution is -2.44. The summed E-state index contributed by atoms with van der Waals surface area (Å²) in [6.07, 6.45) is 4.14. The van der Waals surface area contributed by atoms with E-state index in [1.54, 1.807) is 41.3 Å². The van der Waals surface area contributed by atoms with Crippen molar-refractivity contribution < 1.29 is 24.2 Å². The molecule has 0 unspecified atom stereocenters. The summed E-state index contributed by atoms with van der Waals surface area (Å²) in [7, 11) is 0. The SMILES string of the molecule is O=C(COc1cccc(Cl)c1)N1CCCCC2(CO)CCN(CC2)C(=O)c2ccccc2OCC1. The van der Waals surface area contributed by atoms with E-state index in [1.807, 2.05) is 17.0 Å². The highest BCUT2D eigenvalue weighted by atomic mass is 35.5. The van der Waals surface area contributed by atoms with Crippen LogP contribution in [-0.4, -0.2) is 72.7 Å². The summed E-state index contributed by atoms with van der Waals surface area (Å²) < 4.78 is 11.7. The van der Waals surface area contributed by atoms with Crippen LogP contribution in [-0.2, 0) is 4.79 Å². The van der Waals surface area contributed by atoms with Crippen molar-refractivity contribution in [2.75, 3.05) is 46.0 Å². The number of hydrogen-bond donors (Lipinski definition) is 1. The smallest absolute Gasteiger partial charge is 0.260 e. The van der Waals surface area contributed by atoms with Crippen molar-refractivity contribution in [3.8, 4) is 11.5 Å². The number of hydrogen-bond acceptors (Lipinski definition) is 5. The molecule has 35 heavy (non-hydrogen) atoms. The van der Waals surface area contributed by atoms with Gasteiger partial charge in [0.15, 0.2) is 6.61 Å². The Kier molecular flexibility index (Phi) is 8.52. The molecule has 0 radical (unpaired) electrons. The van der Waals surface area contributed by atoms with E-state index in [0.29, 0.717) is 48.3 Å². The molecule has 7 nitrogen and oxygen atoms in total. The molecule has 1 N–H and O–H groups in total. The largest absolute Gasteiger partial charge is 0.491 e. The first-order valence-electron chi connectivity index (χ1n) is 12.3. The molecule has 2 amide bonds. The highest BCUT2D eigenvalue weighted by Gasteiger charge is 2.36. The average Bonchev–Trinajstić information content (AvgIpc) is 2.89. The lowest BCUT2D eigenvalue weighted by molar-refractivity contribution is -0.133. The predicted octanol–water partition coefficient (Wildman–Crippen LogP) is 4.03. The van der Waals surface area contributed by atoms with E-state index in [4.69, 9.17) is 21.1 Å². The minimum absolute atomic E-state index is 0.0510. The Morgan fingerprint density at radius 2 is 1.83 bits per heavy atom. The van der Waals surface area contributed by atoms with Gasteiger partial charge in [-0.15, -0.1) is 0 Å². The number of aliphatic hydroxyl groups excluding tert-OH is 1. The van der Waals surface area contributed by atoms with Crippen LogP contribution in [0, 0.1) is 5.41 Å². The maximum atomic E-state index is 13.2. The zero-order chi connectivity index (χ0) is 24.7. The third kappa shape index (κ3) is 6.47. The number of aliphatic hydroxyl groups is 1. The van der Waals surface area contributed by atoms with Gasteiger partial charge in [-0.2, -0.15) is 0 Å². The van der Waals surface area contributed by atoms with Gasteiger partial charge >= 0.3 is 0 Å². The van der Waals surface area contributed by atoms with Gasteiger partial charge in [-0.25, -0.2) is 0 Å². The zero-order valence-corrected chi connectivity index (χ0v) is 20.7. The number of rotatable bonds is 4. The second kappa shape index (κ2) is 11.8. The van der Waals surface area contributed by atoms with Crippen LogP contribution in [0.2, 0.25) is 5.02 Å². The van der Waals surface area contributed by atoms with Crippen molar-refractivity contribution in [2.24, 2.45) is 5.41 Å². The van der Waals surface area contributed by atoms with Crippen LogP contribution in [0.3, 0.4) is 0 Å². The first-order valence-corrected chi connectivity index (χ1v) is 12.7. The summed E-state index contributed by atoms with van der Waals surface area (Å²) in [5, 5.41) is 10.7. The van der Waals surface area contributed by atoms with Crippen LogP contribution in [0.4, 0.5) is 0 Å². The van der Waals surface area contributed by atoms with Crippen molar-refractivity contribution in [3.05, 3.63) is 59.1 Å². The molecule has 1 fully saturated rings. The second-order valence-corrected chi connectivity index (χ2v) is 9.82. The Bertz CT molecular complexity index is 1020. The lowest BCUT2D eigenvalue weighted by Gasteiger charge is -2.41. The van der Waals surface area contributed by atoms with E-state index in [2.05, 4.69) is 0 Å². The van der Waals surface area contributed by atoms with Gasteiger partial charge < -0.3 is 24.4 Å². The van der Waals surface area contributed by atoms with Gasteiger partial charge in [-0.1, -0.05) is 36.2 Å². The summed E-state index contributed by atoms with van der Waals surface area (Å²) in [5.74, 6) is 0.883. The Morgan fingerprint density at radius 3 is 2.60 bits per heavy atom. The van der Waals surface area contributed by atoms with E-state index in [1.165, 1.54) is 0 Å². The number of carbonyl (C=O) groups excluding carboxylic acids is 2. The molecule has 188 valence electrons. The fraction of sp³-hybridized carbons (Fsp3) is 0.481. The maximum absolute atomic E-state index is 13.2. The zero-order valence-electron chi connectivity index (χ0n) is 20.0. The number of amides is 2. The monoisotopic (exact) mass is 500 g/mol. The van der Waals surface area contributed by atoms with Crippen molar-refractivity contribution in [1.82, 2.24) is 9.80 Å². The third-order valence-corrected chi connectivity index (χ3v) is 7.31. The van der Waals surface area contributed by atoms with Gasteiger partial charge in [0.25, 0.3) is 11.8 Å². The number of piperidine rings is 1. The molecule has 0 saturated carbocycles. The number of para-hydroxylation sites is 1. The van der Waals surface area contributed by atoms with Crippen molar-refractivity contribution in [3.63, 3.8) is 0 Å². The molecular formula is C27H33ClN2O5. The Labute approximate surface area is 211 Å². The standard InChI is InChI=1S/C27H33ClN2O5/c28-21-6-5-7-22(18-21)35-19-25(32)29-13-4-3-10-27(20-31)11-14-30(15-12-27)26(33)23-8-1-2-9-24(23)34-17-16-29/h1-2,5-9,18,31H,3-4,10-17,19-20H2. The van der Waals surface area contributed by atoms with Gasteiger partial charge in [-0.05, 0) is 61.4 Å². The first kappa shape index (κ1) is 25.3. The number of benzene rings is 2. The molecule has 0 aromatic heterocycles. The Balaban J connectivity index is 1.48. The summed E-state index contributed by atoms with van der Waals surface area (Å²) in [6.45, 7) is 2.51. The molecular weight excluding hydrogens is 468 g/mol. The predicted molar refractivity (Wildman–Crippen MR) is 134 cm³/mol. The quantitative estimate of drug-likeness (QED) is 0.685. The highest BCUT2D eigenvalue weighted by Crippen LogP contribution is 2.37. The maximum Gasteiger partial charge on any atom is 0.260 e. The topological polar surface area (TPSA) is 79.3 Å². The molecule has 3 aliphatic heterocycles. The number of halogens is 1. The molecule has 2 aromatic rings. The van der Waals surface area contributed by atoms with E-state index in [0.717, 1.165) is 32.1 Å². The molecule has 2 aromatic carbocycles. The molecule has 0 aliphatic carbocycles. The fourth-order valence-electron chi connectivity index (χ4n) is 4.83. The molecule has 8 heteroatoms.